The van der Waals surface area contributed by atoms with Crippen LogP contribution >= 0.6 is 22.9 Å². The number of ether oxygens (including phenoxy) is 2. The lowest BCUT2D eigenvalue weighted by molar-refractivity contribution is 0.283. The third kappa shape index (κ3) is 3.11. The third-order valence-corrected chi connectivity index (χ3v) is 3.42. The van der Waals surface area contributed by atoms with Crippen LogP contribution in [-0.2, 0) is 13.0 Å². The molecule has 0 aliphatic heterocycles. The molecule has 0 spiro atoms. The molecule has 0 radical (unpaired) electrons. The van der Waals surface area contributed by atoms with Crippen molar-refractivity contribution < 1.29 is 9.47 Å². The molecule has 0 unspecified atom stereocenters. The van der Waals surface area contributed by atoms with Gasteiger partial charge in [-0.2, -0.15) is 0 Å². The Kier molecular flexibility index (Phi) is 4.38. The van der Waals surface area contributed by atoms with Gasteiger partial charge in [0, 0.05) is 0 Å². The zero-order valence-electron chi connectivity index (χ0n) is 10.1. The number of nitrogens with zero attached hydrogens (tertiary/aromatic N) is 2. The summed E-state index contributed by atoms with van der Waals surface area (Å²) in [7, 11) is 1.63. The lowest BCUT2D eigenvalue weighted by Crippen LogP contribution is -1.98. The van der Waals surface area contributed by atoms with E-state index in [1.54, 1.807) is 7.11 Å². The summed E-state index contributed by atoms with van der Waals surface area (Å²) in [6, 6.07) is 5.90. The van der Waals surface area contributed by atoms with Crippen LogP contribution in [-0.4, -0.2) is 17.3 Å². The molecule has 0 saturated heterocycles. The Balaban J connectivity index is 2.08. The van der Waals surface area contributed by atoms with E-state index in [9.17, 15) is 0 Å². The van der Waals surface area contributed by atoms with E-state index >= 15 is 0 Å². The highest BCUT2D eigenvalue weighted by Gasteiger charge is 2.07. The minimum absolute atomic E-state index is 0.340. The van der Waals surface area contributed by atoms with Gasteiger partial charge < -0.3 is 9.47 Å². The molecule has 96 valence electrons. The maximum Gasteiger partial charge on any atom is 0.207 e. The van der Waals surface area contributed by atoms with Crippen LogP contribution < -0.4 is 9.47 Å². The Labute approximate surface area is 115 Å². The topological polar surface area (TPSA) is 44.2 Å². The summed E-state index contributed by atoms with van der Waals surface area (Å²) in [6.07, 6.45) is 0.961. The molecule has 0 fully saturated rings. The van der Waals surface area contributed by atoms with Gasteiger partial charge in [0.25, 0.3) is 0 Å². The number of halogens is 1. The Morgan fingerprint density at radius 3 is 2.72 bits per heavy atom. The Bertz CT molecular complexity index is 531. The van der Waals surface area contributed by atoms with Crippen molar-refractivity contribution in [3.63, 3.8) is 0 Å². The van der Waals surface area contributed by atoms with E-state index in [1.807, 2.05) is 18.2 Å². The van der Waals surface area contributed by atoms with Crippen LogP contribution in [0.5, 0.6) is 11.5 Å². The molecule has 2 rings (SSSR count). The molecule has 0 atom stereocenters. The average Bonchev–Trinajstić information content (AvgIpc) is 2.82. The normalized spacial score (nSPS) is 10.4. The smallest absolute Gasteiger partial charge is 0.207 e. The van der Waals surface area contributed by atoms with Crippen molar-refractivity contribution in [3.05, 3.63) is 33.2 Å². The average molecular weight is 285 g/mol. The van der Waals surface area contributed by atoms with Gasteiger partial charge in [-0.05, 0) is 35.7 Å². The summed E-state index contributed by atoms with van der Waals surface area (Å²) in [6.45, 7) is 2.44. The van der Waals surface area contributed by atoms with Gasteiger partial charge in [0.15, 0.2) is 16.5 Å². The number of rotatable bonds is 5. The maximum atomic E-state index is 5.70. The molecule has 18 heavy (non-hydrogen) atoms. The molecule has 4 nitrogen and oxygen atoms in total. The molecule has 0 bridgehead atoms. The van der Waals surface area contributed by atoms with Crippen LogP contribution in [0.1, 0.15) is 17.5 Å². The second-order valence-electron chi connectivity index (χ2n) is 3.58. The summed E-state index contributed by atoms with van der Waals surface area (Å²) < 4.78 is 11.4. The van der Waals surface area contributed by atoms with Gasteiger partial charge in [-0.15, -0.1) is 10.2 Å². The van der Waals surface area contributed by atoms with Crippen molar-refractivity contribution in [2.75, 3.05) is 7.11 Å². The number of benzene rings is 1. The first-order valence-corrected chi connectivity index (χ1v) is 6.70. The number of aryl methyl sites for hydroxylation is 1. The highest BCUT2D eigenvalue weighted by Crippen LogP contribution is 2.29. The predicted molar refractivity (Wildman–Crippen MR) is 71.6 cm³/mol. The van der Waals surface area contributed by atoms with Crippen LogP contribution in [0.15, 0.2) is 18.2 Å². The molecule has 1 aromatic carbocycles. The molecule has 2 aromatic rings. The van der Waals surface area contributed by atoms with Gasteiger partial charge in [-0.3, -0.25) is 0 Å². The van der Waals surface area contributed by atoms with Gasteiger partial charge in [0.2, 0.25) is 4.47 Å². The van der Waals surface area contributed by atoms with Crippen molar-refractivity contribution >= 4 is 22.9 Å². The molecule has 6 heteroatoms. The lowest BCUT2D eigenvalue weighted by atomic mass is 10.1. The fraction of sp³-hybridized carbons (Fsp3) is 0.333. The van der Waals surface area contributed by atoms with E-state index in [4.69, 9.17) is 21.1 Å². The van der Waals surface area contributed by atoms with Crippen molar-refractivity contribution in [3.8, 4) is 11.5 Å². The largest absolute Gasteiger partial charge is 0.493 e. The molecule has 0 amide bonds. The quantitative estimate of drug-likeness (QED) is 0.845. The van der Waals surface area contributed by atoms with Crippen LogP contribution in [0.25, 0.3) is 0 Å². The zero-order valence-corrected chi connectivity index (χ0v) is 11.7. The maximum absolute atomic E-state index is 5.70. The van der Waals surface area contributed by atoms with Gasteiger partial charge in [0.05, 0.1) is 7.11 Å². The van der Waals surface area contributed by atoms with E-state index in [0.29, 0.717) is 16.8 Å². The predicted octanol–water partition coefficient (Wildman–Crippen LogP) is 3.34. The SMILES string of the molecule is CCc1ccc(OCc2nnc(Cl)s2)c(OC)c1. The Morgan fingerprint density at radius 1 is 1.28 bits per heavy atom. The Morgan fingerprint density at radius 2 is 2.11 bits per heavy atom. The molecule has 1 aromatic heterocycles. The molecule has 0 N–H and O–H groups in total. The monoisotopic (exact) mass is 284 g/mol. The van der Waals surface area contributed by atoms with Crippen LogP contribution in [0.2, 0.25) is 4.47 Å². The van der Waals surface area contributed by atoms with Gasteiger partial charge in [0.1, 0.15) is 6.61 Å². The number of hydrogen-bond donors (Lipinski definition) is 0. The van der Waals surface area contributed by atoms with E-state index in [2.05, 4.69) is 17.1 Å². The summed E-state index contributed by atoms with van der Waals surface area (Å²) >= 11 is 7.01. The summed E-state index contributed by atoms with van der Waals surface area (Å²) in [5, 5.41) is 8.35. The zero-order chi connectivity index (χ0) is 13.0. The third-order valence-electron chi connectivity index (χ3n) is 2.43. The van der Waals surface area contributed by atoms with Crippen LogP contribution in [0.4, 0.5) is 0 Å². The first-order chi connectivity index (χ1) is 8.72. The highest BCUT2D eigenvalue weighted by molar-refractivity contribution is 7.15. The van der Waals surface area contributed by atoms with Gasteiger partial charge in [-0.25, -0.2) is 0 Å². The number of hydrogen-bond acceptors (Lipinski definition) is 5. The molecule has 1 heterocycles. The molecule has 0 saturated carbocycles. The van der Waals surface area contributed by atoms with Crippen LogP contribution in [0.3, 0.4) is 0 Å². The number of aromatic nitrogens is 2. The summed E-state index contributed by atoms with van der Waals surface area (Å²) in [5.41, 5.74) is 1.21. The molecular weight excluding hydrogens is 272 g/mol. The van der Waals surface area contributed by atoms with E-state index < -0.39 is 0 Å². The van der Waals surface area contributed by atoms with E-state index in [1.165, 1.54) is 16.9 Å². The minimum atomic E-state index is 0.340. The van der Waals surface area contributed by atoms with E-state index in [-0.39, 0.29) is 0 Å². The fourth-order valence-electron chi connectivity index (χ4n) is 1.48. The highest BCUT2D eigenvalue weighted by atomic mass is 35.5. The van der Waals surface area contributed by atoms with Crippen molar-refractivity contribution in [2.24, 2.45) is 0 Å². The second-order valence-corrected chi connectivity index (χ2v) is 5.22. The summed E-state index contributed by atoms with van der Waals surface area (Å²) in [4.78, 5) is 0. The first kappa shape index (κ1) is 13.1. The van der Waals surface area contributed by atoms with Crippen molar-refractivity contribution in [2.45, 2.75) is 20.0 Å². The lowest BCUT2D eigenvalue weighted by Gasteiger charge is -2.10. The van der Waals surface area contributed by atoms with Crippen molar-refractivity contribution in [1.29, 1.82) is 0 Å². The fourth-order valence-corrected chi connectivity index (χ4v) is 2.26. The van der Waals surface area contributed by atoms with Crippen molar-refractivity contribution in [1.82, 2.24) is 10.2 Å². The molecule has 0 aliphatic rings. The van der Waals surface area contributed by atoms with E-state index in [0.717, 1.165) is 17.2 Å². The second kappa shape index (κ2) is 6.02. The Hall–Kier alpha value is -1.33. The summed E-state index contributed by atoms with van der Waals surface area (Å²) in [5.74, 6) is 1.42. The molecular formula is C12H13ClN2O2S. The minimum Gasteiger partial charge on any atom is -0.493 e. The molecule has 0 aliphatic carbocycles. The van der Waals surface area contributed by atoms with Gasteiger partial charge in [-0.1, -0.05) is 24.3 Å². The standard InChI is InChI=1S/C12H13ClN2O2S/c1-3-8-4-5-9(10(6-8)16-2)17-7-11-14-15-12(13)18-11/h4-6H,3,7H2,1-2H3. The first-order valence-electron chi connectivity index (χ1n) is 5.50. The number of methoxy groups -OCH3 is 1. The van der Waals surface area contributed by atoms with Gasteiger partial charge >= 0.3 is 0 Å². The van der Waals surface area contributed by atoms with Crippen LogP contribution in [0, 0.1) is 0 Å².